The third-order valence-corrected chi connectivity index (χ3v) is 5.39. The summed E-state index contributed by atoms with van der Waals surface area (Å²) in [6.07, 6.45) is 7.25. The Morgan fingerprint density at radius 2 is 2.29 bits per heavy atom. The zero-order valence-electron chi connectivity index (χ0n) is 15.7. The lowest BCUT2D eigenvalue weighted by Crippen LogP contribution is -2.35. The molecule has 1 atom stereocenters. The molecule has 1 unspecified atom stereocenters. The van der Waals surface area contributed by atoms with Crippen LogP contribution in [0.2, 0.25) is 0 Å². The third kappa shape index (κ3) is 4.81. The van der Waals surface area contributed by atoms with Crippen molar-refractivity contribution in [1.29, 1.82) is 5.26 Å². The number of anilines is 1. The SMILES string of the molecule is CC(C)NC(=O)OC1CCc2c(sc(NC(=O)C=Cc3ccoc3)c2C#N)C1. The number of hydrogen-bond acceptors (Lipinski definition) is 6. The molecule has 3 rings (SSSR count). The van der Waals surface area contributed by atoms with Crippen molar-refractivity contribution in [1.82, 2.24) is 5.32 Å². The topological polar surface area (TPSA) is 104 Å². The first kappa shape index (κ1) is 19.7. The quantitative estimate of drug-likeness (QED) is 0.743. The molecule has 0 radical (unpaired) electrons. The van der Waals surface area contributed by atoms with Crippen molar-refractivity contribution in [2.75, 3.05) is 5.32 Å². The van der Waals surface area contributed by atoms with Gasteiger partial charge in [0.05, 0.1) is 18.1 Å². The number of ether oxygens (including phenoxy) is 1. The smallest absolute Gasteiger partial charge is 0.407 e. The van der Waals surface area contributed by atoms with Gasteiger partial charge in [-0.05, 0) is 44.4 Å². The number of hydrogen-bond donors (Lipinski definition) is 2. The third-order valence-electron chi connectivity index (χ3n) is 4.22. The van der Waals surface area contributed by atoms with E-state index in [-0.39, 0.29) is 18.1 Å². The number of alkyl carbamates (subject to hydrolysis) is 1. The van der Waals surface area contributed by atoms with Crippen molar-refractivity contribution >= 4 is 34.4 Å². The van der Waals surface area contributed by atoms with E-state index in [4.69, 9.17) is 9.15 Å². The predicted molar refractivity (Wildman–Crippen MR) is 106 cm³/mol. The van der Waals surface area contributed by atoms with Crippen LogP contribution in [-0.4, -0.2) is 24.1 Å². The van der Waals surface area contributed by atoms with Gasteiger partial charge in [-0.2, -0.15) is 5.26 Å². The lowest BCUT2D eigenvalue weighted by Gasteiger charge is -2.23. The van der Waals surface area contributed by atoms with Gasteiger partial charge in [0.25, 0.3) is 0 Å². The average Bonchev–Trinajstić information content (AvgIpc) is 3.25. The van der Waals surface area contributed by atoms with Crippen molar-refractivity contribution in [2.24, 2.45) is 0 Å². The minimum Gasteiger partial charge on any atom is -0.472 e. The van der Waals surface area contributed by atoms with Gasteiger partial charge in [0.2, 0.25) is 5.91 Å². The number of furan rings is 1. The van der Waals surface area contributed by atoms with E-state index < -0.39 is 6.09 Å². The molecule has 0 spiro atoms. The number of carbonyl (C=O) groups excluding carboxylic acids is 2. The monoisotopic (exact) mass is 399 g/mol. The summed E-state index contributed by atoms with van der Waals surface area (Å²) in [4.78, 5) is 25.0. The van der Waals surface area contributed by atoms with E-state index in [9.17, 15) is 14.9 Å². The molecule has 1 aliphatic rings. The van der Waals surface area contributed by atoms with Crippen LogP contribution in [0.15, 0.2) is 29.1 Å². The second-order valence-electron chi connectivity index (χ2n) is 6.77. The lowest BCUT2D eigenvalue weighted by atomic mass is 9.94. The summed E-state index contributed by atoms with van der Waals surface area (Å²) in [6, 6.07) is 3.95. The fourth-order valence-electron chi connectivity index (χ4n) is 2.98. The summed E-state index contributed by atoms with van der Waals surface area (Å²) < 4.78 is 10.4. The van der Waals surface area contributed by atoms with Crippen molar-refractivity contribution in [2.45, 2.75) is 45.3 Å². The molecule has 1 aliphatic carbocycles. The van der Waals surface area contributed by atoms with Gasteiger partial charge in [-0.1, -0.05) is 0 Å². The number of nitrogens with one attached hydrogen (secondary N) is 2. The van der Waals surface area contributed by atoms with Crippen LogP contribution in [0, 0.1) is 11.3 Å². The molecule has 2 aromatic heterocycles. The Balaban J connectivity index is 1.68. The number of fused-ring (bicyclic) bond motifs is 1. The summed E-state index contributed by atoms with van der Waals surface area (Å²) in [5.74, 6) is -0.319. The van der Waals surface area contributed by atoms with Crippen LogP contribution >= 0.6 is 11.3 Å². The highest BCUT2D eigenvalue weighted by Gasteiger charge is 2.28. The molecule has 2 N–H and O–H groups in total. The molecule has 8 heteroatoms. The van der Waals surface area contributed by atoms with Crippen molar-refractivity contribution in [3.05, 3.63) is 46.2 Å². The fraction of sp³-hybridized carbons (Fsp3) is 0.350. The summed E-state index contributed by atoms with van der Waals surface area (Å²) in [5.41, 5.74) is 2.21. The normalized spacial score (nSPS) is 15.9. The molecule has 146 valence electrons. The van der Waals surface area contributed by atoms with E-state index in [0.717, 1.165) is 16.0 Å². The Bertz CT molecular complexity index is 922. The molecule has 0 saturated carbocycles. The first-order chi connectivity index (χ1) is 13.5. The zero-order chi connectivity index (χ0) is 20.1. The largest absolute Gasteiger partial charge is 0.472 e. The van der Waals surface area contributed by atoms with E-state index in [1.54, 1.807) is 12.1 Å². The number of nitriles is 1. The highest BCUT2D eigenvalue weighted by molar-refractivity contribution is 7.16. The highest BCUT2D eigenvalue weighted by Crippen LogP contribution is 2.38. The van der Waals surface area contributed by atoms with Gasteiger partial charge in [0.1, 0.15) is 17.2 Å². The molecule has 28 heavy (non-hydrogen) atoms. The summed E-state index contributed by atoms with van der Waals surface area (Å²) in [7, 11) is 0. The molecular weight excluding hydrogens is 378 g/mol. The molecule has 2 aromatic rings. The van der Waals surface area contributed by atoms with E-state index >= 15 is 0 Å². The van der Waals surface area contributed by atoms with Gasteiger partial charge in [0, 0.05) is 29.0 Å². The standard InChI is InChI=1S/C20H21N3O4S/c1-12(2)22-20(25)27-14-4-5-15-16(10-21)19(28-17(15)9-14)23-18(24)6-3-13-7-8-26-11-13/h3,6-8,11-12,14H,4-5,9H2,1-2H3,(H,22,25)(H,23,24). The maximum absolute atomic E-state index is 12.2. The van der Waals surface area contributed by atoms with Gasteiger partial charge >= 0.3 is 6.09 Å². The fourth-order valence-corrected chi connectivity index (χ4v) is 4.24. The van der Waals surface area contributed by atoms with Gasteiger partial charge in [-0.3, -0.25) is 4.79 Å². The Morgan fingerprint density at radius 1 is 1.46 bits per heavy atom. The lowest BCUT2D eigenvalue weighted by molar-refractivity contribution is -0.111. The molecule has 0 saturated heterocycles. The first-order valence-corrected chi connectivity index (χ1v) is 9.81. The molecule has 0 aromatic carbocycles. The maximum atomic E-state index is 12.2. The molecule has 0 fully saturated rings. The van der Waals surface area contributed by atoms with Crippen LogP contribution in [0.25, 0.3) is 6.08 Å². The highest BCUT2D eigenvalue weighted by atomic mass is 32.1. The first-order valence-electron chi connectivity index (χ1n) is 8.99. The van der Waals surface area contributed by atoms with E-state index in [0.29, 0.717) is 29.8 Å². The van der Waals surface area contributed by atoms with E-state index in [1.165, 1.54) is 29.9 Å². The second-order valence-corrected chi connectivity index (χ2v) is 7.87. The predicted octanol–water partition coefficient (Wildman–Crippen LogP) is 3.86. The zero-order valence-corrected chi connectivity index (χ0v) is 16.5. The van der Waals surface area contributed by atoms with Crippen LogP contribution in [0.3, 0.4) is 0 Å². The van der Waals surface area contributed by atoms with E-state index in [1.807, 2.05) is 13.8 Å². The van der Waals surface area contributed by atoms with Gasteiger partial charge in [0.15, 0.2) is 0 Å². The molecule has 2 heterocycles. The molecule has 7 nitrogen and oxygen atoms in total. The number of rotatable bonds is 5. The number of carbonyl (C=O) groups is 2. The summed E-state index contributed by atoms with van der Waals surface area (Å²) >= 11 is 1.36. The molecule has 0 aliphatic heterocycles. The molecule has 0 bridgehead atoms. The van der Waals surface area contributed by atoms with Crippen molar-refractivity contribution < 1.29 is 18.7 Å². The van der Waals surface area contributed by atoms with Crippen molar-refractivity contribution in [3.8, 4) is 6.07 Å². The van der Waals surface area contributed by atoms with E-state index in [2.05, 4.69) is 16.7 Å². The van der Waals surface area contributed by atoms with Crippen LogP contribution in [0.5, 0.6) is 0 Å². The average molecular weight is 399 g/mol. The molecule has 2 amide bonds. The Labute approximate surface area is 167 Å². The minimum absolute atomic E-state index is 0.00972. The number of amides is 2. The molecular formula is C20H21N3O4S. The van der Waals surface area contributed by atoms with Gasteiger partial charge in [-0.15, -0.1) is 11.3 Å². The number of nitrogens with zero attached hydrogens (tertiary/aromatic N) is 1. The minimum atomic E-state index is -0.432. The van der Waals surface area contributed by atoms with Gasteiger partial charge in [-0.25, -0.2) is 4.79 Å². The Kier molecular flexibility index (Phi) is 6.16. The van der Waals surface area contributed by atoms with Crippen molar-refractivity contribution in [3.63, 3.8) is 0 Å². The van der Waals surface area contributed by atoms with Gasteiger partial charge < -0.3 is 19.8 Å². The second kappa shape index (κ2) is 8.76. The Hall–Kier alpha value is -3.05. The Morgan fingerprint density at radius 3 is 2.96 bits per heavy atom. The van der Waals surface area contributed by atoms with Crippen LogP contribution in [-0.2, 0) is 22.4 Å². The van der Waals surface area contributed by atoms with Crippen LogP contribution in [0.4, 0.5) is 9.80 Å². The maximum Gasteiger partial charge on any atom is 0.407 e. The summed E-state index contributed by atoms with van der Waals surface area (Å²) in [6.45, 7) is 3.74. The van der Waals surface area contributed by atoms with Crippen LogP contribution in [0.1, 0.15) is 41.8 Å². The summed E-state index contributed by atoms with van der Waals surface area (Å²) in [5, 5.41) is 15.6. The van der Waals surface area contributed by atoms with Crippen LogP contribution < -0.4 is 10.6 Å². The number of thiophene rings is 1.